The second-order valence-electron chi connectivity index (χ2n) is 7.50. The minimum Gasteiger partial charge on any atom is -0.493 e. The summed E-state index contributed by atoms with van der Waals surface area (Å²) in [5, 5.41) is 5.61. The highest BCUT2D eigenvalue weighted by Gasteiger charge is 2.17. The van der Waals surface area contributed by atoms with Gasteiger partial charge in [0, 0.05) is 17.6 Å². The Balaban J connectivity index is 1.40. The molecule has 0 unspecified atom stereocenters. The quantitative estimate of drug-likeness (QED) is 0.563. The van der Waals surface area contributed by atoms with E-state index in [0.29, 0.717) is 34.3 Å². The van der Waals surface area contributed by atoms with Gasteiger partial charge >= 0.3 is 6.03 Å². The molecule has 1 aliphatic rings. The fraction of sp³-hybridized carbons (Fsp3) is 0.304. The highest BCUT2D eigenvalue weighted by molar-refractivity contribution is 6.01. The van der Waals surface area contributed by atoms with E-state index in [1.165, 1.54) is 6.20 Å². The Labute approximate surface area is 190 Å². The third kappa shape index (κ3) is 5.47. The number of pyridine rings is 2. The van der Waals surface area contributed by atoms with Crippen molar-refractivity contribution in [1.82, 2.24) is 20.2 Å². The van der Waals surface area contributed by atoms with Crippen LogP contribution in [0.5, 0.6) is 23.0 Å². The Bertz CT molecular complexity index is 1150. The number of hydrogen-bond donors (Lipinski definition) is 2. The highest BCUT2D eigenvalue weighted by Crippen LogP contribution is 2.36. The first-order valence-electron chi connectivity index (χ1n) is 10.5. The summed E-state index contributed by atoms with van der Waals surface area (Å²) in [4.78, 5) is 34.6. The largest absolute Gasteiger partial charge is 0.493 e. The number of imide groups is 1. The summed E-state index contributed by atoms with van der Waals surface area (Å²) in [6.07, 6.45) is 5.27. The number of carbonyl (C=O) groups excluding carboxylic acids is 2. The molecule has 1 aliphatic heterocycles. The van der Waals surface area contributed by atoms with Crippen LogP contribution >= 0.6 is 0 Å². The van der Waals surface area contributed by atoms with Crippen LogP contribution in [0.1, 0.15) is 12.8 Å². The fourth-order valence-corrected chi connectivity index (χ4v) is 3.64. The van der Waals surface area contributed by atoms with Crippen LogP contribution in [0.3, 0.4) is 0 Å². The van der Waals surface area contributed by atoms with Crippen molar-refractivity contribution in [1.29, 1.82) is 0 Å². The first-order valence-corrected chi connectivity index (χ1v) is 10.5. The van der Waals surface area contributed by atoms with Crippen LogP contribution in [-0.4, -0.2) is 60.7 Å². The number of urea groups is 1. The third-order valence-corrected chi connectivity index (χ3v) is 5.23. The Morgan fingerprint density at radius 1 is 1.00 bits per heavy atom. The predicted octanol–water partition coefficient (Wildman–Crippen LogP) is 3.18. The molecule has 10 heteroatoms. The average Bonchev–Trinajstić information content (AvgIpc) is 3.32. The van der Waals surface area contributed by atoms with Crippen molar-refractivity contribution in [2.45, 2.75) is 12.8 Å². The molecule has 10 nitrogen and oxygen atoms in total. The van der Waals surface area contributed by atoms with Gasteiger partial charge in [-0.15, -0.1) is 0 Å². The lowest BCUT2D eigenvalue weighted by Crippen LogP contribution is -2.41. The number of likely N-dealkylation sites (tertiary alicyclic amines) is 1. The van der Waals surface area contributed by atoms with E-state index in [2.05, 4.69) is 20.6 Å². The number of anilines is 1. The molecule has 2 N–H and O–H groups in total. The molecule has 3 amide bonds. The van der Waals surface area contributed by atoms with Gasteiger partial charge in [-0.2, -0.15) is 0 Å². The van der Waals surface area contributed by atoms with E-state index in [-0.39, 0.29) is 12.5 Å². The monoisotopic (exact) mass is 451 g/mol. The van der Waals surface area contributed by atoms with Gasteiger partial charge < -0.3 is 14.2 Å². The molecule has 0 spiro atoms. The van der Waals surface area contributed by atoms with Crippen molar-refractivity contribution in [2.75, 3.05) is 39.2 Å². The van der Waals surface area contributed by atoms with E-state index in [0.717, 1.165) is 31.3 Å². The van der Waals surface area contributed by atoms with Crippen LogP contribution in [0.2, 0.25) is 0 Å². The molecule has 1 saturated heterocycles. The second kappa shape index (κ2) is 10.1. The van der Waals surface area contributed by atoms with Crippen molar-refractivity contribution in [3.8, 4) is 23.0 Å². The lowest BCUT2D eigenvalue weighted by molar-refractivity contribution is -0.120. The minimum absolute atomic E-state index is 0.212. The number of hydrogen-bond acceptors (Lipinski definition) is 8. The van der Waals surface area contributed by atoms with Gasteiger partial charge in [0.05, 0.1) is 32.5 Å². The summed E-state index contributed by atoms with van der Waals surface area (Å²) < 4.78 is 16.7. The molecule has 33 heavy (non-hydrogen) atoms. The maximum absolute atomic E-state index is 12.1. The van der Waals surface area contributed by atoms with Gasteiger partial charge in [0.1, 0.15) is 17.3 Å². The van der Waals surface area contributed by atoms with E-state index in [1.807, 2.05) is 4.90 Å². The molecule has 1 aromatic carbocycles. The normalized spacial score (nSPS) is 13.5. The molecular formula is C23H25N5O5. The van der Waals surface area contributed by atoms with Gasteiger partial charge in [-0.1, -0.05) is 0 Å². The Kier molecular flexibility index (Phi) is 6.84. The van der Waals surface area contributed by atoms with Crippen LogP contribution < -0.4 is 24.8 Å². The molecule has 172 valence electrons. The number of nitrogens with one attached hydrogen (secondary N) is 2. The Morgan fingerprint density at radius 2 is 1.76 bits per heavy atom. The van der Waals surface area contributed by atoms with Crippen molar-refractivity contribution in [2.24, 2.45) is 0 Å². The molecule has 0 aliphatic carbocycles. The summed E-state index contributed by atoms with van der Waals surface area (Å²) in [5.74, 6) is 2.11. The molecule has 0 radical (unpaired) electrons. The van der Waals surface area contributed by atoms with Gasteiger partial charge in [0.15, 0.2) is 11.5 Å². The van der Waals surface area contributed by atoms with Crippen LogP contribution in [0, 0.1) is 0 Å². The lowest BCUT2D eigenvalue weighted by atomic mass is 10.2. The van der Waals surface area contributed by atoms with Gasteiger partial charge in [-0.25, -0.2) is 9.78 Å². The second-order valence-corrected chi connectivity index (χ2v) is 7.50. The zero-order chi connectivity index (χ0) is 23.2. The standard InChI is InChI=1S/C23H25N5O5/c1-31-19-11-16-17(12-20(19)32-2)24-8-7-18(16)33-15-5-6-21(25-13-15)26-23(30)27-22(29)14-28-9-3-4-10-28/h5-8,11-13H,3-4,9-10,14H2,1-2H3,(H2,25,26,27,29,30). The van der Waals surface area contributed by atoms with Gasteiger partial charge in [-0.05, 0) is 50.2 Å². The smallest absolute Gasteiger partial charge is 0.327 e. The minimum atomic E-state index is -0.624. The third-order valence-electron chi connectivity index (χ3n) is 5.23. The zero-order valence-electron chi connectivity index (χ0n) is 18.5. The number of ether oxygens (including phenoxy) is 3. The summed E-state index contributed by atoms with van der Waals surface area (Å²) >= 11 is 0. The molecule has 3 aromatic rings. The molecule has 4 rings (SSSR count). The first kappa shape index (κ1) is 22.3. The van der Waals surface area contributed by atoms with E-state index in [9.17, 15) is 9.59 Å². The number of carbonyl (C=O) groups is 2. The number of amides is 3. The molecule has 0 saturated carbocycles. The van der Waals surface area contributed by atoms with Crippen molar-refractivity contribution in [3.63, 3.8) is 0 Å². The summed E-state index contributed by atoms with van der Waals surface area (Å²) in [6, 6.07) is 7.94. The van der Waals surface area contributed by atoms with E-state index < -0.39 is 6.03 Å². The number of rotatable bonds is 7. The summed E-state index contributed by atoms with van der Waals surface area (Å²) in [7, 11) is 3.13. The molecule has 0 atom stereocenters. The number of nitrogens with zero attached hydrogens (tertiary/aromatic N) is 3. The number of methoxy groups -OCH3 is 2. The molecule has 1 fully saturated rings. The number of benzene rings is 1. The van der Waals surface area contributed by atoms with Crippen molar-refractivity contribution in [3.05, 3.63) is 42.7 Å². The molecular weight excluding hydrogens is 426 g/mol. The molecule has 3 heterocycles. The van der Waals surface area contributed by atoms with E-state index in [1.54, 1.807) is 50.7 Å². The van der Waals surface area contributed by atoms with Crippen molar-refractivity contribution >= 4 is 28.7 Å². The highest BCUT2D eigenvalue weighted by atomic mass is 16.5. The van der Waals surface area contributed by atoms with Gasteiger partial charge in [0.2, 0.25) is 5.91 Å². The maximum Gasteiger partial charge on any atom is 0.327 e. The van der Waals surface area contributed by atoms with Crippen molar-refractivity contribution < 1.29 is 23.8 Å². The molecule has 0 bridgehead atoms. The maximum atomic E-state index is 12.1. The van der Waals surface area contributed by atoms with E-state index >= 15 is 0 Å². The summed E-state index contributed by atoms with van der Waals surface area (Å²) in [5.41, 5.74) is 0.687. The van der Waals surface area contributed by atoms with Crippen LogP contribution in [-0.2, 0) is 4.79 Å². The van der Waals surface area contributed by atoms with Gasteiger partial charge in [-0.3, -0.25) is 25.3 Å². The topological polar surface area (TPSA) is 115 Å². The zero-order valence-corrected chi connectivity index (χ0v) is 18.5. The van der Waals surface area contributed by atoms with Crippen LogP contribution in [0.4, 0.5) is 10.6 Å². The summed E-state index contributed by atoms with van der Waals surface area (Å²) in [6.45, 7) is 1.97. The lowest BCUT2D eigenvalue weighted by Gasteiger charge is -2.14. The van der Waals surface area contributed by atoms with Crippen LogP contribution in [0.15, 0.2) is 42.7 Å². The number of aromatic nitrogens is 2. The SMILES string of the molecule is COc1cc2nccc(Oc3ccc(NC(=O)NC(=O)CN4CCCC4)nc3)c2cc1OC. The van der Waals surface area contributed by atoms with E-state index in [4.69, 9.17) is 14.2 Å². The van der Waals surface area contributed by atoms with Crippen LogP contribution in [0.25, 0.3) is 10.9 Å². The van der Waals surface area contributed by atoms with Gasteiger partial charge in [0.25, 0.3) is 0 Å². The fourth-order valence-electron chi connectivity index (χ4n) is 3.64. The predicted molar refractivity (Wildman–Crippen MR) is 122 cm³/mol. The Hall–Kier alpha value is -3.92. The first-order chi connectivity index (χ1) is 16.1. The average molecular weight is 451 g/mol. The molecule has 2 aromatic heterocycles. The number of fused-ring (bicyclic) bond motifs is 1. The Morgan fingerprint density at radius 3 is 2.45 bits per heavy atom.